The van der Waals surface area contributed by atoms with Crippen LogP contribution >= 0.6 is 0 Å². The molecule has 0 aliphatic heterocycles. The van der Waals surface area contributed by atoms with Gasteiger partial charge in [0.05, 0.1) is 11.6 Å². The summed E-state index contributed by atoms with van der Waals surface area (Å²) in [6.07, 6.45) is 1.03. The summed E-state index contributed by atoms with van der Waals surface area (Å²) in [6.45, 7) is 0. The maximum absolute atomic E-state index is 13.7. The number of aromatic nitrogens is 1. The maximum Gasteiger partial charge on any atom is 0.149 e. The van der Waals surface area contributed by atoms with Gasteiger partial charge in [0.2, 0.25) is 0 Å². The molecule has 0 amide bonds. The van der Waals surface area contributed by atoms with E-state index in [-0.39, 0.29) is 5.69 Å². The van der Waals surface area contributed by atoms with Gasteiger partial charge in [0.1, 0.15) is 23.7 Å². The summed E-state index contributed by atoms with van der Waals surface area (Å²) in [6, 6.07) is 11.1. The quantitative estimate of drug-likeness (QED) is 0.383. The number of anilines is 1. The predicted molar refractivity (Wildman–Crippen MR) is 68.2 cm³/mol. The third-order valence-electron chi connectivity index (χ3n) is 2.40. The fraction of sp³-hybridized carbons (Fsp3) is 0. The molecule has 0 bridgehead atoms. The third kappa shape index (κ3) is 2.84. The van der Waals surface area contributed by atoms with E-state index in [1.165, 1.54) is 12.1 Å². The monoisotopic (exact) mass is 256 g/mol. The SMILES string of the molecule is N#Cc1ccc(-c2nc(N/C=N/O)ccc2F)cc1. The minimum Gasteiger partial charge on any atom is -0.410 e. The maximum atomic E-state index is 13.7. The van der Waals surface area contributed by atoms with Crippen LogP contribution in [0.4, 0.5) is 10.2 Å². The lowest BCUT2D eigenvalue weighted by Crippen LogP contribution is -2.00. The summed E-state index contributed by atoms with van der Waals surface area (Å²) in [5.41, 5.74) is 1.20. The second-order valence-electron chi connectivity index (χ2n) is 3.60. The van der Waals surface area contributed by atoms with E-state index in [9.17, 15) is 4.39 Å². The van der Waals surface area contributed by atoms with Gasteiger partial charge >= 0.3 is 0 Å². The first kappa shape index (κ1) is 12.5. The van der Waals surface area contributed by atoms with E-state index in [1.54, 1.807) is 24.3 Å². The van der Waals surface area contributed by atoms with Crippen LogP contribution in [-0.2, 0) is 0 Å². The molecule has 6 heteroatoms. The Kier molecular flexibility index (Phi) is 3.69. The van der Waals surface area contributed by atoms with E-state index in [0.29, 0.717) is 16.9 Å². The summed E-state index contributed by atoms with van der Waals surface area (Å²) in [5, 5.41) is 22.4. The van der Waals surface area contributed by atoms with E-state index in [2.05, 4.69) is 15.5 Å². The normalized spacial score (nSPS) is 10.3. The van der Waals surface area contributed by atoms with Gasteiger partial charge < -0.3 is 10.5 Å². The van der Waals surface area contributed by atoms with Crippen molar-refractivity contribution in [1.29, 1.82) is 5.26 Å². The van der Waals surface area contributed by atoms with Crippen molar-refractivity contribution in [3.05, 3.63) is 47.8 Å². The third-order valence-corrected chi connectivity index (χ3v) is 2.40. The van der Waals surface area contributed by atoms with Gasteiger partial charge in [0.25, 0.3) is 0 Å². The second kappa shape index (κ2) is 5.60. The van der Waals surface area contributed by atoms with Gasteiger partial charge in [-0.15, -0.1) is 0 Å². The summed E-state index contributed by atoms with van der Waals surface area (Å²) in [4.78, 5) is 4.06. The number of nitrogens with one attached hydrogen (secondary N) is 1. The van der Waals surface area contributed by atoms with E-state index in [0.717, 1.165) is 6.34 Å². The minimum absolute atomic E-state index is 0.154. The molecule has 0 saturated carbocycles. The van der Waals surface area contributed by atoms with Crippen LogP contribution < -0.4 is 5.32 Å². The van der Waals surface area contributed by atoms with Crippen LogP contribution in [0.15, 0.2) is 41.6 Å². The van der Waals surface area contributed by atoms with Crippen molar-refractivity contribution in [2.75, 3.05) is 5.32 Å². The average Bonchev–Trinajstić information content (AvgIpc) is 2.46. The molecule has 0 aliphatic carbocycles. The zero-order valence-corrected chi connectivity index (χ0v) is 9.71. The van der Waals surface area contributed by atoms with E-state index in [1.807, 2.05) is 6.07 Å². The van der Waals surface area contributed by atoms with E-state index in [4.69, 9.17) is 10.5 Å². The molecule has 0 spiro atoms. The van der Waals surface area contributed by atoms with Crippen molar-refractivity contribution < 1.29 is 9.60 Å². The van der Waals surface area contributed by atoms with Crippen LogP contribution in [0.3, 0.4) is 0 Å². The highest BCUT2D eigenvalue weighted by Crippen LogP contribution is 2.22. The number of rotatable bonds is 3. The summed E-state index contributed by atoms with van der Waals surface area (Å²) in [7, 11) is 0. The molecule has 19 heavy (non-hydrogen) atoms. The molecule has 0 atom stereocenters. The molecule has 0 fully saturated rings. The molecule has 0 saturated heterocycles. The molecular weight excluding hydrogens is 247 g/mol. The summed E-state index contributed by atoms with van der Waals surface area (Å²) >= 11 is 0. The fourth-order valence-electron chi connectivity index (χ4n) is 1.52. The molecule has 2 N–H and O–H groups in total. The van der Waals surface area contributed by atoms with Gasteiger partial charge in [-0.25, -0.2) is 9.37 Å². The summed E-state index contributed by atoms with van der Waals surface area (Å²) < 4.78 is 13.7. The first-order chi connectivity index (χ1) is 9.24. The minimum atomic E-state index is -0.476. The first-order valence-corrected chi connectivity index (χ1v) is 5.34. The number of pyridine rings is 1. The van der Waals surface area contributed by atoms with Crippen molar-refractivity contribution in [3.63, 3.8) is 0 Å². The highest BCUT2D eigenvalue weighted by Gasteiger charge is 2.08. The lowest BCUT2D eigenvalue weighted by Gasteiger charge is -2.05. The Bertz CT molecular complexity index is 647. The molecule has 1 aromatic heterocycles. The Morgan fingerprint density at radius 1 is 1.26 bits per heavy atom. The Labute approximate surface area is 108 Å². The summed E-state index contributed by atoms with van der Waals surface area (Å²) in [5.74, 6) is -0.130. The van der Waals surface area contributed by atoms with Crippen LogP contribution in [0.2, 0.25) is 0 Å². The number of halogens is 1. The molecule has 0 radical (unpaired) electrons. The zero-order valence-electron chi connectivity index (χ0n) is 9.71. The van der Waals surface area contributed by atoms with Crippen molar-refractivity contribution in [2.24, 2.45) is 5.16 Å². The van der Waals surface area contributed by atoms with Crippen molar-refractivity contribution in [3.8, 4) is 17.3 Å². The van der Waals surface area contributed by atoms with Gasteiger partial charge in [0.15, 0.2) is 0 Å². The van der Waals surface area contributed by atoms with Crippen LogP contribution in [-0.4, -0.2) is 16.5 Å². The molecule has 2 rings (SSSR count). The highest BCUT2D eigenvalue weighted by atomic mass is 19.1. The van der Waals surface area contributed by atoms with Crippen molar-refractivity contribution in [2.45, 2.75) is 0 Å². The predicted octanol–water partition coefficient (Wildman–Crippen LogP) is 2.59. The molecule has 0 aliphatic rings. The lowest BCUT2D eigenvalue weighted by molar-refractivity contribution is 0.321. The largest absolute Gasteiger partial charge is 0.410 e. The van der Waals surface area contributed by atoms with Crippen molar-refractivity contribution in [1.82, 2.24) is 4.98 Å². The van der Waals surface area contributed by atoms with Crippen LogP contribution in [0.25, 0.3) is 11.3 Å². The standard InChI is InChI=1S/C13H9FN4O/c14-11-5-6-12(16-8-17-19)18-13(11)10-3-1-9(7-15)2-4-10/h1-6,8,19H,(H,16,17,18). The smallest absolute Gasteiger partial charge is 0.149 e. The first-order valence-electron chi connectivity index (χ1n) is 5.34. The van der Waals surface area contributed by atoms with Gasteiger partial charge in [-0.05, 0) is 24.3 Å². The van der Waals surface area contributed by atoms with Crippen molar-refractivity contribution >= 4 is 12.2 Å². The van der Waals surface area contributed by atoms with Crippen LogP contribution in [0.5, 0.6) is 0 Å². The van der Waals surface area contributed by atoms with Gasteiger partial charge in [0, 0.05) is 5.56 Å². The number of nitrogens with zero attached hydrogens (tertiary/aromatic N) is 3. The average molecular weight is 256 g/mol. The molecule has 2 aromatic rings. The number of hydrogen-bond donors (Lipinski definition) is 2. The Balaban J connectivity index is 2.39. The number of nitriles is 1. The number of benzene rings is 1. The molecular formula is C13H9FN4O. The molecule has 0 unspecified atom stereocenters. The number of oxime groups is 1. The highest BCUT2D eigenvalue weighted by molar-refractivity contribution is 5.74. The van der Waals surface area contributed by atoms with Gasteiger partial charge in [-0.3, -0.25) is 0 Å². The van der Waals surface area contributed by atoms with Crippen LogP contribution in [0.1, 0.15) is 5.56 Å². The number of hydrogen-bond acceptors (Lipinski definition) is 4. The van der Waals surface area contributed by atoms with Gasteiger partial charge in [-0.1, -0.05) is 17.3 Å². The second-order valence-corrected chi connectivity index (χ2v) is 3.60. The topological polar surface area (TPSA) is 81.3 Å². The fourth-order valence-corrected chi connectivity index (χ4v) is 1.52. The van der Waals surface area contributed by atoms with E-state index >= 15 is 0 Å². The molecule has 1 heterocycles. The van der Waals surface area contributed by atoms with Gasteiger partial charge in [-0.2, -0.15) is 5.26 Å². The van der Waals surface area contributed by atoms with Crippen LogP contribution in [0, 0.1) is 17.1 Å². The molecule has 5 nitrogen and oxygen atoms in total. The molecule has 1 aromatic carbocycles. The lowest BCUT2D eigenvalue weighted by atomic mass is 10.1. The Morgan fingerprint density at radius 3 is 2.63 bits per heavy atom. The zero-order chi connectivity index (χ0) is 13.7. The molecule has 94 valence electrons. The Morgan fingerprint density at radius 2 is 2.00 bits per heavy atom. The Hall–Kier alpha value is -2.94. The van der Waals surface area contributed by atoms with E-state index < -0.39 is 5.82 Å².